The summed E-state index contributed by atoms with van der Waals surface area (Å²) in [6.07, 6.45) is 4.12. The fourth-order valence-electron chi connectivity index (χ4n) is 2.04. The lowest BCUT2D eigenvalue weighted by molar-refractivity contribution is -0.124. The van der Waals surface area contributed by atoms with Gasteiger partial charge in [0.15, 0.2) is 0 Å². The van der Waals surface area contributed by atoms with Crippen LogP contribution in [0.2, 0.25) is 0 Å². The molecule has 1 aliphatic heterocycles. The number of nitrogens with zero attached hydrogens (tertiary/aromatic N) is 2. The summed E-state index contributed by atoms with van der Waals surface area (Å²) in [6.45, 7) is 11.4. The highest BCUT2D eigenvalue weighted by Crippen LogP contribution is 2.18. The first-order valence-electron chi connectivity index (χ1n) is 6.81. The number of hydrazone groups is 1. The van der Waals surface area contributed by atoms with Gasteiger partial charge in [0.1, 0.15) is 0 Å². The third-order valence-corrected chi connectivity index (χ3v) is 3.18. The molecular formula is C14H25N3O. The summed E-state index contributed by atoms with van der Waals surface area (Å²) in [7, 11) is 0. The Kier molecular flexibility index (Phi) is 5.89. The molecule has 1 atom stereocenters. The summed E-state index contributed by atoms with van der Waals surface area (Å²) in [6, 6.07) is 0. The highest BCUT2D eigenvalue weighted by molar-refractivity contribution is 5.88. The van der Waals surface area contributed by atoms with E-state index in [1.165, 1.54) is 0 Å². The average molecular weight is 251 g/mol. The summed E-state index contributed by atoms with van der Waals surface area (Å²) in [4.78, 5) is 11.7. The average Bonchev–Trinajstić information content (AvgIpc) is 2.72. The third-order valence-electron chi connectivity index (χ3n) is 3.18. The molecule has 1 rings (SSSR count). The summed E-state index contributed by atoms with van der Waals surface area (Å²) < 4.78 is 0. The molecule has 0 bridgehead atoms. The topological polar surface area (TPSA) is 44.7 Å². The summed E-state index contributed by atoms with van der Waals surface area (Å²) in [5, 5.41) is 9.34. The smallest absolute Gasteiger partial charge is 0.223 e. The molecular weight excluding hydrogens is 226 g/mol. The molecule has 0 radical (unpaired) electrons. The van der Waals surface area contributed by atoms with Crippen LogP contribution in [-0.4, -0.2) is 29.7 Å². The van der Waals surface area contributed by atoms with E-state index >= 15 is 0 Å². The number of amides is 1. The van der Waals surface area contributed by atoms with Crippen LogP contribution in [0, 0.1) is 5.92 Å². The van der Waals surface area contributed by atoms with Crippen molar-refractivity contribution in [1.29, 1.82) is 0 Å². The predicted molar refractivity (Wildman–Crippen MR) is 75.3 cm³/mol. The van der Waals surface area contributed by atoms with Gasteiger partial charge in [-0.3, -0.25) is 9.80 Å². The van der Waals surface area contributed by atoms with Crippen LogP contribution in [0.4, 0.5) is 0 Å². The predicted octanol–water partition coefficient (Wildman–Crippen LogP) is 2.52. The molecule has 1 unspecified atom stereocenters. The van der Waals surface area contributed by atoms with Crippen LogP contribution in [0.25, 0.3) is 0 Å². The van der Waals surface area contributed by atoms with Crippen LogP contribution in [0.15, 0.2) is 17.4 Å². The number of nitrogens with one attached hydrogen (secondary N) is 1. The lowest BCUT2D eigenvalue weighted by atomic mass is 10.1. The first-order valence-corrected chi connectivity index (χ1v) is 6.81. The molecule has 0 aromatic rings. The molecule has 4 heteroatoms. The molecule has 0 aliphatic carbocycles. The minimum absolute atomic E-state index is 0.0875. The van der Waals surface area contributed by atoms with Crippen molar-refractivity contribution in [2.75, 3.05) is 13.1 Å². The van der Waals surface area contributed by atoms with E-state index in [0.717, 1.165) is 43.6 Å². The Morgan fingerprint density at radius 1 is 1.61 bits per heavy atom. The molecule has 102 valence electrons. The minimum Gasteiger partial charge on any atom is -0.351 e. The molecule has 0 aromatic carbocycles. The standard InChI is InChI=1S/C14H25N3O/c1-5-7-11(2)14(18)15-10-12(3)16-17-9-6-8-13(17)4/h11H,4-10H2,1-3H3,(H,15,18)/b16-12+. The van der Waals surface area contributed by atoms with Gasteiger partial charge in [-0.05, 0) is 26.2 Å². The van der Waals surface area contributed by atoms with Gasteiger partial charge in [0.2, 0.25) is 5.91 Å². The third kappa shape index (κ3) is 4.51. The maximum Gasteiger partial charge on any atom is 0.223 e. The van der Waals surface area contributed by atoms with Crippen LogP contribution in [-0.2, 0) is 4.79 Å². The Morgan fingerprint density at radius 2 is 2.33 bits per heavy atom. The quantitative estimate of drug-likeness (QED) is 0.737. The zero-order valence-electron chi connectivity index (χ0n) is 11.8. The normalized spacial score (nSPS) is 18.1. The largest absolute Gasteiger partial charge is 0.351 e. The zero-order chi connectivity index (χ0) is 13.5. The molecule has 1 heterocycles. The van der Waals surface area contributed by atoms with Crippen molar-refractivity contribution in [3.8, 4) is 0 Å². The van der Waals surface area contributed by atoms with Gasteiger partial charge in [-0.2, -0.15) is 5.10 Å². The summed E-state index contributed by atoms with van der Waals surface area (Å²) >= 11 is 0. The maximum atomic E-state index is 11.7. The van der Waals surface area contributed by atoms with E-state index in [2.05, 4.69) is 23.9 Å². The lowest BCUT2D eigenvalue weighted by Crippen LogP contribution is -2.33. The van der Waals surface area contributed by atoms with Crippen molar-refractivity contribution in [3.63, 3.8) is 0 Å². The number of hydrogen-bond donors (Lipinski definition) is 1. The second-order valence-electron chi connectivity index (χ2n) is 5.04. The first-order chi connectivity index (χ1) is 8.54. The van der Waals surface area contributed by atoms with Gasteiger partial charge in [0.05, 0.1) is 12.3 Å². The highest BCUT2D eigenvalue weighted by Gasteiger charge is 2.15. The monoisotopic (exact) mass is 251 g/mol. The molecule has 1 amide bonds. The van der Waals surface area contributed by atoms with Gasteiger partial charge in [-0.15, -0.1) is 0 Å². The number of rotatable bonds is 6. The molecule has 1 N–H and O–H groups in total. The van der Waals surface area contributed by atoms with E-state index in [4.69, 9.17) is 0 Å². The fourth-order valence-corrected chi connectivity index (χ4v) is 2.04. The van der Waals surface area contributed by atoms with E-state index in [-0.39, 0.29) is 11.8 Å². The van der Waals surface area contributed by atoms with E-state index in [1.807, 2.05) is 18.9 Å². The number of hydrogen-bond acceptors (Lipinski definition) is 3. The van der Waals surface area contributed by atoms with Crippen molar-refractivity contribution in [3.05, 3.63) is 12.3 Å². The summed E-state index contributed by atoms with van der Waals surface area (Å²) in [5.41, 5.74) is 2.00. The Bertz CT molecular complexity index is 336. The van der Waals surface area contributed by atoms with Crippen molar-refractivity contribution < 1.29 is 4.79 Å². The van der Waals surface area contributed by atoms with E-state index in [9.17, 15) is 4.79 Å². The van der Waals surface area contributed by atoms with Crippen LogP contribution < -0.4 is 5.32 Å². The Hall–Kier alpha value is -1.32. The van der Waals surface area contributed by atoms with Crippen LogP contribution in [0.5, 0.6) is 0 Å². The zero-order valence-corrected chi connectivity index (χ0v) is 11.8. The van der Waals surface area contributed by atoms with Crippen molar-refractivity contribution >= 4 is 11.6 Å². The highest BCUT2D eigenvalue weighted by atomic mass is 16.1. The molecule has 1 fully saturated rings. The van der Waals surface area contributed by atoms with Gasteiger partial charge in [-0.1, -0.05) is 26.8 Å². The molecule has 18 heavy (non-hydrogen) atoms. The van der Waals surface area contributed by atoms with Crippen LogP contribution in [0.3, 0.4) is 0 Å². The maximum absolute atomic E-state index is 11.7. The Morgan fingerprint density at radius 3 is 2.89 bits per heavy atom. The first kappa shape index (κ1) is 14.7. The van der Waals surface area contributed by atoms with Crippen LogP contribution >= 0.6 is 0 Å². The lowest BCUT2D eigenvalue weighted by Gasteiger charge is -2.15. The number of carbonyl (C=O) groups excluding carboxylic acids is 1. The second kappa shape index (κ2) is 7.19. The molecule has 1 saturated heterocycles. The van der Waals surface area contributed by atoms with E-state index in [1.54, 1.807) is 0 Å². The van der Waals surface area contributed by atoms with E-state index in [0.29, 0.717) is 6.54 Å². The SMILES string of the molecule is C=C1CCCN1/N=C(\C)CNC(=O)C(C)CCC. The number of allylic oxidation sites excluding steroid dienone is 1. The van der Waals surface area contributed by atoms with Gasteiger partial charge in [0, 0.05) is 18.2 Å². The number of carbonyl (C=O) groups is 1. The molecule has 0 saturated carbocycles. The Balaban J connectivity index is 2.36. The molecule has 1 aliphatic rings. The Labute approximate surface area is 110 Å². The minimum atomic E-state index is 0.0875. The van der Waals surface area contributed by atoms with Crippen molar-refractivity contribution in [2.24, 2.45) is 11.0 Å². The van der Waals surface area contributed by atoms with Crippen molar-refractivity contribution in [2.45, 2.75) is 46.5 Å². The summed E-state index contributed by atoms with van der Waals surface area (Å²) in [5.74, 6) is 0.205. The van der Waals surface area contributed by atoms with E-state index < -0.39 is 0 Å². The van der Waals surface area contributed by atoms with Crippen molar-refractivity contribution in [1.82, 2.24) is 10.3 Å². The molecule has 4 nitrogen and oxygen atoms in total. The van der Waals surface area contributed by atoms with Gasteiger partial charge < -0.3 is 5.32 Å². The van der Waals surface area contributed by atoms with Gasteiger partial charge in [0.25, 0.3) is 0 Å². The molecule has 0 aromatic heterocycles. The van der Waals surface area contributed by atoms with Gasteiger partial charge in [-0.25, -0.2) is 0 Å². The fraction of sp³-hybridized carbons (Fsp3) is 0.714. The van der Waals surface area contributed by atoms with Crippen LogP contribution in [0.1, 0.15) is 46.5 Å². The second-order valence-corrected chi connectivity index (χ2v) is 5.04. The molecule has 0 spiro atoms. The van der Waals surface area contributed by atoms with Gasteiger partial charge >= 0.3 is 0 Å².